The van der Waals surface area contributed by atoms with E-state index in [9.17, 15) is 14.7 Å². The summed E-state index contributed by atoms with van der Waals surface area (Å²) in [4.78, 5) is 29.9. The van der Waals surface area contributed by atoms with Gasteiger partial charge < -0.3 is 23.7 Å². The number of imidazole rings is 1. The molecular weight excluding hydrogens is 484 g/mol. The summed E-state index contributed by atoms with van der Waals surface area (Å²) < 4.78 is 15.3. The van der Waals surface area contributed by atoms with E-state index in [1.54, 1.807) is 39.3 Å². The van der Waals surface area contributed by atoms with Gasteiger partial charge in [0.25, 0.3) is 5.56 Å². The van der Waals surface area contributed by atoms with E-state index < -0.39 is 23.7 Å². The second-order valence-electron chi connectivity index (χ2n) is 11.3. The molecule has 1 saturated heterocycles. The van der Waals surface area contributed by atoms with Crippen molar-refractivity contribution in [2.75, 3.05) is 6.61 Å². The smallest absolute Gasteiger partial charge is 0.326 e. The average Bonchev–Trinajstić information content (AvgIpc) is 3.19. The molecule has 1 aromatic carbocycles. The predicted octanol–water partition coefficient (Wildman–Crippen LogP) is 3.46. The molecule has 206 valence electrons. The summed E-state index contributed by atoms with van der Waals surface area (Å²) in [6, 6.07) is 7.03. The molecule has 0 amide bonds. The Balaban J connectivity index is 1.68. The van der Waals surface area contributed by atoms with E-state index in [4.69, 9.17) is 14.5 Å². The number of carbonyl (C=O) groups excluding carboxylic acids is 1. The molecule has 3 heterocycles. The van der Waals surface area contributed by atoms with Crippen LogP contribution < -0.4 is 10.9 Å². The summed E-state index contributed by atoms with van der Waals surface area (Å²) in [5.74, 6) is 0.300. The van der Waals surface area contributed by atoms with Crippen LogP contribution in [0, 0.1) is 6.92 Å². The van der Waals surface area contributed by atoms with Crippen LogP contribution in [0.5, 0.6) is 0 Å². The summed E-state index contributed by atoms with van der Waals surface area (Å²) in [6.07, 6.45) is 4.19. The van der Waals surface area contributed by atoms with Crippen molar-refractivity contribution in [3.63, 3.8) is 0 Å². The minimum absolute atomic E-state index is 0.0296. The van der Waals surface area contributed by atoms with Gasteiger partial charge in [0.15, 0.2) is 0 Å². The molecule has 0 radical (unpaired) electrons. The predicted molar refractivity (Wildman–Crippen MR) is 147 cm³/mol. The molecule has 9 heteroatoms. The number of benzene rings is 1. The topological polar surface area (TPSA) is 108 Å². The Kier molecular flexibility index (Phi) is 8.40. The summed E-state index contributed by atoms with van der Waals surface area (Å²) >= 11 is 0. The number of aliphatic hydroxyl groups excluding tert-OH is 1. The fraction of sp³-hybridized carbons (Fsp3) is 0.552. The molecule has 1 unspecified atom stereocenters. The lowest BCUT2D eigenvalue weighted by Gasteiger charge is -2.26. The fourth-order valence-corrected chi connectivity index (χ4v) is 4.88. The maximum absolute atomic E-state index is 12.7. The van der Waals surface area contributed by atoms with Gasteiger partial charge in [-0.2, -0.15) is 0 Å². The third-order valence-electron chi connectivity index (χ3n) is 6.76. The summed E-state index contributed by atoms with van der Waals surface area (Å²) in [7, 11) is 1.75. The second-order valence-corrected chi connectivity index (χ2v) is 11.3. The first-order valence-electron chi connectivity index (χ1n) is 13.4. The highest BCUT2D eigenvalue weighted by molar-refractivity contribution is 5.81. The number of nitrogens with one attached hydrogen (secondary N) is 1. The van der Waals surface area contributed by atoms with Gasteiger partial charge in [-0.15, -0.1) is 0 Å². The standard InChI is InChI=1S/C29H40N4O5/c1-18-13-21(16-32(6)27(18)35)26-31-23-11-10-20(14-24(23)33(26)17-22-9-7-8-12-37-22)15-30-25(19(2)34)28(36)38-29(3,4)5/h10-11,13-14,16,19,22,25,30,34H,7-9,12,15,17H2,1-6H3/t19-,22?,25+/m1/s1. The summed E-state index contributed by atoms with van der Waals surface area (Å²) in [6.45, 7) is 10.6. The van der Waals surface area contributed by atoms with Gasteiger partial charge in [-0.3, -0.25) is 14.9 Å². The zero-order valence-electron chi connectivity index (χ0n) is 23.3. The van der Waals surface area contributed by atoms with Gasteiger partial charge in [0.05, 0.1) is 29.8 Å². The molecule has 2 aromatic heterocycles. The van der Waals surface area contributed by atoms with Crippen molar-refractivity contribution in [3.05, 3.63) is 51.9 Å². The maximum Gasteiger partial charge on any atom is 0.326 e. The van der Waals surface area contributed by atoms with Crippen LogP contribution in [-0.2, 0) is 34.4 Å². The lowest BCUT2D eigenvalue weighted by molar-refractivity contribution is -0.160. The normalized spacial score (nSPS) is 17.9. The number of aromatic nitrogens is 3. The summed E-state index contributed by atoms with van der Waals surface area (Å²) in [5, 5.41) is 13.4. The van der Waals surface area contributed by atoms with Crippen molar-refractivity contribution < 1.29 is 19.4 Å². The third-order valence-corrected chi connectivity index (χ3v) is 6.76. The Hall–Kier alpha value is -3.01. The number of nitrogens with zero attached hydrogens (tertiary/aromatic N) is 3. The van der Waals surface area contributed by atoms with Crippen molar-refractivity contribution in [1.29, 1.82) is 0 Å². The van der Waals surface area contributed by atoms with Crippen LogP contribution in [0.3, 0.4) is 0 Å². The van der Waals surface area contributed by atoms with Gasteiger partial charge in [0, 0.05) is 37.5 Å². The average molecular weight is 525 g/mol. The minimum Gasteiger partial charge on any atom is -0.459 e. The first kappa shape index (κ1) is 28.0. The van der Waals surface area contributed by atoms with Crippen LogP contribution in [-0.4, -0.2) is 55.7 Å². The van der Waals surface area contributed by atoms with E-state index in [0.29, 0.717) is 18.7 Å². The van der Waals surface area contributed by atoms with E-state index in [-0.39, 0.29) is 11.7 Å². The molecule has 1 aliphatic heterocycles. The van der Waals surface area contributed by atoms with Gasteiger partial charge in [0.1, 0.15) is 17.5 Å². The Morgan fingerprint density at radius 1 is 1.29 bits per heavy atom. The van der Waals surface area contributed by atoms with Crippen molar-refractivity contribution >= 4 is 17.0 Å². The first-order valence-corrected chi connectivity index (χ1v) is 13.4. The summed E-state index contributed by atoms with van der Waals surface area (Å²) in [5.41, 5.74) is 3.59. The van der Waals surface area contributed by atoms with Crippen molar-refractivity contribution in [3.8, 4) is 11.4 Å². The molecule has 0 spiro atoms. The first-order chi connectivity index (χ1) is 17.9. The number of fused-ring (bicyclic) bond motifs is 1. The lowest BCUT2D eigenvalue weighted by atomic mass is 10.1. The van der Waals surface area contributed by atoms with E-state index in [1.165, 1.54) is 0 Å². The second kappa shape index (κ2) is 11.4. The number of aliphatic hydroxyl groups is 1. The van der Waals surface area contributed by atoms with Gasteiger partial charge in [-0.25, -0.2) is 4.98 Å². The minimum atomic E-state index is -0.915. The molecular formula is C29H40N4O5. The molecule has 0 saturated carbocycles. The number of hydrogen-bond acceptors (Lipinski definition) is 7. The van der Waals surface area contributed by atoms with Crippen LogP contribution in [0.15, 0.2) is 35.3 Å². The largest absolute Gasteiger partial charge is 0.459 e. The number of pyridine rings is 1. The number of rotatable bonds is 8. The molecule has 1 aliphatic rings. The number of ether oxygens (including phenoxy) is 2. The van der Waals surface area contributed by atoms with Crippen molar-refractivity contribution in [2.45, 2.75) is 90.8 Å². The molecule has 0 aliphatic carbocycles. The Morgan fingerprint density at radius 3 is 2.68 bits per heavy atom. The number of esters is 1. The molecule has 1 fully saturated rings. The van der Waals surface area contributed by atoms with Crippen LogP contribution in [0.2, 0.25) is 0 Å². The molecule has 9 nitrogen and oxygen atoms in total. The molecule has 3 atom stereocenters. The van der Waals surface area contributed by atoms with Crippen LogP contribution in [0.4, 0.5) is 0 Å². The van der Waals surface area contributed by atoms with E-state index in [1.807, 2.05) is 31.3 Å². The van der Waals surface area contributed by atoms with Gasteiger partial charge >= 0.3 is 5.97 Å². The van der Waals surface area contributed by atoms with Gasteiger partial charge in [-0.05, 0) is 77.6 Å². The van der Waals surface area contributed by atoms with Crippen LogP contribution in [0.1, 0.15) is 58.1 Å². The third kappa shape index (κ3) is 6.51. The van der Waals surface area contributed by atoms with Crippen molar-refractivity contribution in [1.82, 2.24) is 19.4 Å². The lowest BCUT2D eigenvalue weighted by Crippen LogP contribution is -2.47. The van der Waals surface area contributed by atoms with Gasteiger partial charge in [-0.1, -0.05) is 6.07 Å². The molecule has 0 bridgehead atoms. The fourth-order valence-electron chi connectivity index (χ4n) is 4.88. The zero-order valence-corrected chi connectivity index (χ0v) is 23.3. The Labute approximate surface area is 223 Å². The van der Waals surface area contributed by atoms with E-state index in [2.05, 4.69) is 16.0 Å². The number of aryl methyl sites for hydroxylation is 2. The molecule has 3 aromatic rings. The Bertz CT molecular complexity index is 1320. The molecule has 38 heavy (non-hydrogen) atoms. The molecule has 2 N–H and O–H groups in total. The highest BCUT2D eigenvalue weighted by Crippen LogP contribution is 2.28. The van der Waals surface area contributed by atoms with Crippen LogP contribution >= 0.6 is 0 Å². The maximum atomic E-state index is 12.7. The quantitative estimate of drug-likeness (QED) is 0.435. The van der Waals surface area contributed by atoms with E-state index >= 15 is 0 Å². The van der Waals surface area contributed by atoms with E-state index in [0.717, 1.165) is 53.9 Å². The number of hydrogen-bond donors (Lipinski definition) is 2. The Morgan fingerprint density at radius 2 is 2.05 bits per heavy atom. The highest BCUT2D eigenvalue weighted by Gasteiger charge is 2.28. The SMILES string of the molecule is Cc1cc(-c2nc3ccc(CN[C@H](C(=O)OC(C)(C)C)[C@@H](C)O)cc3n2CC2CCCCO2)cn(C)c1=O. The zero-order chi connectivity index (χ0) is 27.6. The monoisotopic (exact) mass is 524 g/mol. The molecule has 4 rings (SSSR count). The highest BCUT2D eigenvalue weighted by atomic mass is 16.6. The van der Waals surface area contributed by atoms with Crippen molar-refractivity contribution in [2.24, 2.45) is 7.05 Å². The number of carbonyl (C=O) groups is 1. The van der Waals surface area contributed by atoms with Gasteiger partial charge in [0.2, 0.25) is 0 Å². The van der Waals surface area contributed by atoms with Crippen LogP contribution in [0.25, 0.3) is 22.4 Å².